The van der Waals surface area contributed by atoms with E-state index in [0.29, 0.717) is 5.69 Å². The molecule has 1 N–H and O–H groups in total. The average molecular weight is 202 g/mol. The third-order valence-corrected chi connectivity index (χ3v) is 2.65. The van der Waals surface area contributed by atoms with Crippen molar-refractivity contribution in [3.8, 4) is 5.69 Å². The van der Waals surface area contributed by atoms with Crippen LogP contribution in [0.25, 0.3) is 5.69 Å². The molecule has 0 amide bonds. The molecule has 1 aromatic heterocycles. The first-order valence-corrected chi connectivity index (χ1v) is 4.92. The smallest absolute Gasteiger partial charge is 0.0996 e. The molecule has 0 aliphatic rings. The van der Waals surface area contributed by atoms with Crippen LogP contribution in [0.4, 0.5) is 0 Å². The molecule has 3 nitrogen and oxygen atoms in total. The highest BCUT2D eigenvalue weighted by Gasteiger charge is 2.03. The van der Waals surface area contributed by atoms with Gasteiger partial charge in [-0.05, 0) is 31.0 Å². The summed E-state index contributed by atoms with van der Waals surface area (Å²) in [6.07, 6.45) is 3.58. The number of imidazole rings is 1. The van der Waals surface area contributed by atoms with Gasteiger partial charge in [-0.3, -0.25) is 0 Å². The molecule has 0 bridgehead atoms. The Kier molecular flexibility index (Phi) is 2.56. The molecule has 0 saturated carbocycles. The molecule has 1 aromatic carbocycles. The minimum absolute atomic E-state index is 0.0160. The number of hydrogen-bond donors (Lipinski definition) is 1. The first kappa shape index (κ1) is 9.93. The van der Waals surface area contributed by atoms with Gasteiger partial charge in [0, 0.05) is 11.9 Å². The largest absolute Gasteiger partial charge is 0.390 e. The van der Waals surface area contributed by atoms with Gasteiger partial charge < -0.3 is 9.67 Å². The number of hydrogen-bond acceptors (Lipinski definition) is 2. The first-order valence-electron chi connectivity index (χ1n) is 4.92. The molecule has 2 aromatic rings. The van der Waals surface area contributed by atoms with E-state index in [1.165, 1.54) is 11.1 Å². The molecule has 0 aliphatic carbocycles. The van der Waals surface area contributed by atoms with Gasteiger partial charge in [0.2, 0.25) is 0 Å². The Labute approximate surface area is 89.0 Å². The summed E-state index contributed by atoms with van der Waals surface area (Å²) >= 11 is 0. The summed E-state index contributed by atoms with van der Waals surface area (Å²) in [6.45, 7) is 4.16. The summed E-state index contributed by atoms with van der Waals surface area (Å²) in [5.74, 6) is 0. The van der Waals surface area contributed by atoms with Gasteiger partial charge in [0.15, 0.2) is 0 Å². The lowest BCUT2D eigenvalue weighted by Gasteiger charge is -2.08. The highest BCUT2D eigenvalue weighted by atomic mass is 16.3. The molecule has 0 aliphatic heterocycles. The van der Waals surface area contributed by atoms with Crippen molar-refractivity contribution in [2.75, 3.05) is 0 Å². The van der Waals surface area contributed by atoms with Crippen LogP contribution in [0.5, 0.6) is 0 Å². The highest BCUT2D eigenvalue weighted by Crippen LogP contribution is 2.17. The van der Waals surface area contributed by atoms with Crippen LogP contribution in [0.1, 0.15) is 16.8 Å². The summed E-state index contributed by atoms with van der Waals surface area (Å²) in [4.78, 5) is 4.09. The Balaban J connectivity index is 2.49. The van der Waals surface area contributed by atoms with Crippen molar-refractivity contribution in [3.05, 3.63) is 47.5 Å². The van der Waals surface area contributed by atoms with Gasteiger partial charge in [0.25, 0.3) is 0 Å². The van der Waals surface area contributed by atoms with Crippen molar-refractivity contribution >= 4 is 0 Å². The fourth-order valence-corrected chi connectivity index (χ4v) is 1.59. The molecule has 0 saturated heterocycles. The van der Waals surface area contributed by atoms with Crippen molar-refractivity contribution in [3.63, 3.8) is 0 Å². The van der Waals surface area contributed by atoms with E-state index in [4.69, 9.17) is 5.11 Å². The molecule has 0 spiro atoms. The summed E-state index contributed by atoms with van der Waals surface area (Å²) in [5.41, 5.74) is 4.30. The predicted octanol–water partition coefficient (Wildman–Crippen LogP) is 1.98. The van der Waals surface area contributed by atoms with Gasteiger partial charge in [0.1, 0.15) is 0 Å². The maximum absolute atomic E-state index is 8.95. The van der Waals surface area contributed by atoms with Crippen LogP contribution >= 0.6 is 0 Å². The van der Waals surface area contributed by atoms with Crippen molar-refractivity contribution in [1.82, 2.24) is 9.55 Å². The maximum Gasteiger partial charge on any atom is 0.0996 e. The van der Waals surface area contributed by atoms with Crippen LogP contribution < -0.4 is 0 Å². The van der Waals surface area contributed by atoms with E-state index in [2.05, 4.69) is 24.9 Å². The quantitative estimate of drug-likeness (QED) is 0.808. The summed E-state index contributed by atoms with van der Waals surface area (Å²) < 4.78 is 1.94. The summed E-state index contributed by atoms with van der Waals surface area (Å²) in [6, 6.07) is 6.16. The SMILES string of the molecule is Cc1cccc(-n2cnc(CO)c2)c1C. The number of rotatable bonds is 2. The van der Waals surface area contributed by atoms with Crippen molar-refractivity contribution in [1.29, 1.82) is 0 Å². The molecular formula is C12H14N2O. The molecule has 1 heterocycles. The highest BCUT2D eigenvalue weighted by molar-refractivity contribution is 5.44. The number of aromatic nitrogens is 2. The minimum atomic E-state index is -0.0160. The van der Waals surface area contributed by atoms with Crippen molar-refractivity contribution in [2.24, 2.45) is 0 Å². The fraction of sp³-hybridized carbons (Fsp3) is 0.250. The third kappa shape index (κ3) is 1.78. The maximum atomic E-state index is 8.95. The molecule has 0 radical (unpaired) electrons. The Hall–Kier alpha value is -1.61. The number of aryl methyl sites for hydroxylation is 1. The number of benzene rings is 1. The predicted molar refractivity (Wildman–Crippen MR) is 59.0 cm³/mol. The van der Waals surface area contributed by atoms with Crippen LogP contribution in [-0.4, -0.2) is 14.7 Å². The lowest BCUT2D eigenvalue weighted by molar-refractivity contribution is 0.277. The van der Waals surface area contributed by atoms with Crippen molar-refractivity contribution in [2.45, 2.75) is 20.5 Å². The normalized spacial score (nSPS) is 10.6. The zero-order valence-electron chi connectivity index (χ0n) is 8.94. The molecule has 0 fully saturated rings. The summed E-state index contributed by atoms with van der Waals surface area (Å²) in [5, 5.41) is 8.95. The second kappa shape index (κ2) is 3.87. The van der Waals surface area contributed by atoms with Crippen LogP contribution in [0.15, 0.2) is 30.7 Å². The first-order chi connectivity index (χ1) is 7.22. The topological polar surface area (TPSA) is 38.0 Å². The second-order valence-corrected chi connectivity index (χ2v) is 3.65. The van der Waals surface area contributed by atoms with E-state index < -0.39 is 0 Å². The Morgan fingerprint density at radius 1 is 1.33 bits per heavy atom. The monoisotopic (exact) mass is 202 g/mol. The minimum Gasteiger partial charge on any atom is -0.390 e. The molecule has 15 heavy (non-hydrogen) atoms. The van der Waals surface area contributed by atoms with Crippen LogP contribution in [0, 0.1) is 13.8 Å². The molecule has 78 valence electrons. The van der Waals surface area contributed by atoms with Gasteiger partial charge in [-0.2, -0.15) is 0 Å². The van der Waals surface area contributed by atoms with Gasteiger partial charge in [-0.25, -0.2) is 4.98 Å². The van der Waals surface area contributed by atoms with Crippen LogP contribution in [0.3, 0.4) is 0 Å². The Bertz CT molecular complexity index is 474. The Morgan fingerprint density at radius 2 is 2.13 bits per heavy atom. The van der Waals surface area contributed by atoms with E-state index >= 15 is 0 Å². The molecule has 0 unspecified atom stereocenters. The third-order valence-electron chi connectivity index (χ3n) is 2.65. The lowest BCUT2D eigenvalue weighted by Crippen LogP contribution is -1.95. The fourth-order valence-electron chi connectivity index (χ4n) is 1.59. The van der Waals surface area contributed by atoms with Gasteiger partial charge in [-0.15, -0.1) is 0 Å². The molecule has 0 atom stereocenters. The molecular weight excluding hydrogens is 188 g/mol. The molecule has 2 rings (SSSR count). The van der Waals surface area contributed by atoms with E-state index in [-0.39, 0.29) is 6.61 Å². The number of nitrogens with zero attached hydrogens (tertiary/aromatic N) is 2. The lowest BCUT2D eigenvalue weighted by atomic mass is 10.1. The van der Waals surface area contributed by atoms with E-state index in [1.54, 1.807) is 6.33 Å². The van der Waals surface area contributed by atoms with Crippen LogP contribution in [0.2, 0.25) is 0 Å². The zero-order valence-corrected chi connectivity index (χ0v) is 8.94. The van der Waals surface area contributed by atoms with E-state index in [1.807, 2.05) is 22.9 Å². The summed E-state index contributed by atoms with van der Waals surface area (Å²) in [7, 11) is 0. The average Bonchev–Trinajstić information content (AvgIpc) is 2.70. The van der Waals surface area contributed by atoms with Crippen molar-refractivity contribution < 1.29 is 5.11 Å². The zero-order chi connectivity index (χ0) is 10.8. The van der Waals surface area contributed by atoms with E-state index in [9.17, 15) is 0 Å². The standard InChI is InChI=1S/C12H14N2O/c1-9-4-3-5-12(10(9)2)14-6-11(7-15)13-8-14/h3-6,8,15H,7H2,1-2H3. The van der Waals surface area contributed by atoms with Gasteiger partial charge in [-0.1, -0.05) is 12.1 Å². The Morgan fingerprint density at radius 3 is 2.80 bits per heavy atom. The van der Waals surface area contributed by atoms with Gasteiger partial charge in [0.05, 0.1) is 18.6 Å². The van der Waals surface area contributed by atoms with Gasteiger partial charge >= 0.3 is 0 Å². The van der Waals surface area contributed by atoms with E-state index in [0.717, 1.165) is 5.69 Å². The second-order valence-electron chi connectivity index (χ2n) is 3.65. The number of aliphatic hydroxyl groups excluding tert-OH is 1. The molecule has 3 heteroatoms. The number of aliphatic hydroxyl groups is 1. The van der Waals surface area contributed by atoms with Crippen LogP contribution in [-0.2, 0) is 6.61 Å².